The predicted molar refractivity (Wildman–Crippen MR) is 44.7 cm³/mol. The molecule has 12 heavy (non-hydrogen) atoms. The van der Waals surface area contributed by atoms with Gasteiger partial charge in [-0.25, -0.2) is 0 Å². The lowest BCUT2D eigenvalue weighted by Gasteiger charge is -2.10. The molecule has 1 atom stereocenters. The van der Waals surface area contributed by atoms with E-state index in [0.717, 1.165) is 0 Å². The maximum Gasteiger partial charge on any atom is 0.325 e. The minimum Gasteiger partial charge on any atom is -0.480 e. The van der Waals surface area contributed by atoms with Gasteiger partial charge in [0.1, 0.15) is 6.04 Å². The number of hydrogen-bond donors (Lipinski definition) is 2. The van der Waals surface area contributed by atoms with Crippen LogP contribution < -0.4 is 5.32 Å². The summed E-state index contributed by atoms with van der Waals surface area (Å²) in [6.45, 7) is 5.26. The molecule has 2 N–H and O–H groups in total. The minimum atomic E-state index is -1.01. The van der Waals surface area contributed by atoms with Crippen molar-refractivity contribution in [2.45, 2.75) is 33.2 Å². The Morgan fingerprint density at radius 2 is 1.83 bits per heavy atom. The average molecular weight is 173 g/mol. The molecule has 0 bridgehead atoms. The number of carboxylic acids is 1. The van der Waals surface area contributed by atoms with Crippen LogP contribution in [0, 0.1) is 5.92 Å². The molecule has 0 heterocycles. The SMILES string of the molecule is CC(C)CC(=O)NC(C)C(=O)O. The Kier molecular flexibility index (Phi) is 4.33. The summed E-state index contributed by atoms with van der Waals surface area (Å²) < 4.78 is 0. The van der Waals surface area contributed by atoms with E-state index in [2.05, 4.69) is 5.32 Å². The van der Waals surface area contributed by atoms with Gasteiger partial charge in [0.15, 0.2) is 0 Å². The molecule has 0 aromatic carbocycles. The van der Waals surface area contributed by atoms with Crippen LogP contribution in [0.3, 0.4) is 0 Å². The van der Waals surface area contributed by atoms with Gasteiger partial charge in [-0.2, -0.15) is 0 Å². The summed E-state index contributed by atoms with van der Waals surface area (Å²) in [6, 6.07) is -0.795. The standard InChI is InChI=1S/C8H15NO3/c1-5(2)4-7(10)9-6(3)8(11)12/h5-6H,4H2,1-3H3,(H,9,10)(H,11,12). The van der Waals surface area contributed by atoms with Gasteiger partial charge >= 0.3 is 5.97 Å². The third-order valence-corrected chi connectivity index (χ3v) is 1.34. The zero-order chi connectivity index (χ0) is 9.72. The first-order chi connectivity index (χ1) is 5.43. The van der Waals surface area contributed by atoms with Crippen molar-refractivity contribution in [3.05, 3.63) is 0 Å². The fraction of sp³-hybridized carbons (Fsp3) is 0.750. The number of carboxylic acid groups (broad SMARTS) is 1. The lowest BCUT2D eigenvalue weighted by molar-refractivity contribution is -0.141. The molecule has 0 rings (SSSR count). The highest BCUT2D eigenvalue weighted by Crippen LogP contribution is 1.98. The van der Waals surface area contributed by atoms with Gasteiger partial charge < -0.3 is 10.4 Å². The van der Waals surface area contributed by atoms with Crippen molar-refractivity contribution in [1.82, 2.24) is 5.32 Å². The van der Waals surface area contributed by atoms with E-state index in [4.69, 9.17) is 5.11 Å². The zero-order valence-electron chi connectivity index (χ0n) is 7.63. The maximum absolute atomic E-state index is 11.0. The molecule has 1 unspecified atom stereocenters. The first-order valence-electron chi connectivity index (χ1n) is 3.95. The molecule has 4 nitrogen and oxygen atoms in total. The molecule has 0 spiro atoms. The predicted octanol–water partition coefficient (Wildman–Crippen LogP) is 0.622. The summed E-state index contributed by atoms with van der Waals surface area (Å²) in [7, 11) is 0. The van der Waals surface area contributed by atoms with Gasteiger partial charge in [-0.1, -0.05) is 13.8 Å². The van der Waals surface area contributed by atoms with Crippen molar-refractivity contribution in [1.29, 1.82) is 0 Å². The molecule has 0 aromatic rings. The Hall–Kier alpha value is -1.06. The maximum atomic E-state index is 11.0. The Morgan fingerprint density at radius 3 is 2.17 bits per heavy atom. The second kappa shape index (κ2) is 4.74. The van der Waals surface area contributed by atoms with E-state index in [-0.39, 0.29) is 11.8 Å². The fourth-order valence-corrected chi connectivity index (χ4v) is 0.733. The van der Waals surface area contributed by atoms with E-state index in [1.807, 2.05) is 13.8 Å². The summed E-state index contributed by atoms with van der Waals surface area (Å²) in [5, 5.41) is 10.8. The number of carbonyl (C=O) groups is 2. The van der Waals surface area contributed by atoms with Crippen molar-refractivity contribution >= 4 is 11.9 Å². The quantitative estimate of drug-likeness (QED) is 0.655. The van der Waals surface area contributed by atoms with Crippen LogP contribution in [0.4, 0.5) is 0 Å². The highest BCUT2D eigenvalue weighted by atomic mass is 16.4. The summed E-state index contributed by atoms with van der Waals surface area (Å²) in [5.41, 5.74) is 0. The van der Waals surface area contributed by atoms with Crippen molar-refractivity contribution in [3.8, 4) is 0 Å². The van der Waals surface area contributed by atoms with Crippen LogP contribution in [0.1, 0.15) is 27.2 Å². The van der Waals surface area contributed by atoms with Crippen LogP contribution in [-0.4, -0.2) is 23.0 Å². The smallest absolute Gasteiger partial charge is 0.325 e. The number of nitrogens with one attached hydrogen (secondary N) is 1. The Balaban J connectivity index is 3.77. The molecule has 0 aromatic heterocycles. The van der Waals surface area contributed by atoms with Gasteiger partial charge in [0.25, 0.3) is 0 Å². The molecule has 0 aliphatic heterocycles. The lowest BCUT2D eigenvalue weighted by Crippen LogP contribution is -2.38. The first-order valence-corrected chi connectivity index (χ1v) is 3.95. The van der Waals surface area contributed by atoms with Gasteiger partial charge in [0, 0.05) is 6.42 Å². The minimum absolute atomic E-state index is 0.208. The summed E-state index contributed by atoms with van der Waals surface area (Å²) in [6.07, 6.45) is 0.373. The Morgan fingerprint density at radius 1 is 1.33 bits per heavy atom. The van der Waals surface area contributed by atoms with Crippen LogP contribution in [0.2, 0.25) is 0 Å². The van der Waals surface area contributed by atoms with Crippen LogP contribution in [0.25, 0.3) is 0 Å². The van der Waals surface area contributed by atoms with Crippen molar-refractivity contribution in [2.75, 3.05) is 0 Å². The highest BCUT2D eigenvalue weighted by molar-refractivity contribution is 5.83. The molecule has 4 heteroatoms. The third-order valence-electron chi connectivity index (χ3n) is 1.34. The number of rotatable bonds is 4. The van der Waals surface area contributed by atoms with Gasteiger partial charge in [0.05, 0.1) is 0 Å². The first kappa shape index (κ1) is 10.9. The number of carbonyl (C=O) groups excluding carboxylic acids is 1. The largest absolute Gasteiger partial charge is 0.480 e. The van der Waals surface area contributed by atoms with Crippen molar-refractivity contribution in [3.63, 3.8) is 0 Å². The van der Waals surface area contributed by atoms with Crippen LogP contribution >= 0.6 is 0 Å². The van der Waals surface area contributed by atoms with Gasteiger partial charge in [-0.05, 0) is 12.8 Å². The molecule has 0 radical (unpaired) electrons. The molecule has 0 saturated carbocycles. The lowest BCUT2D eigenvalue weighted by atomic mass is 10.1. The van der Waals surface area contributed by atoms with E-state index in [1.165, 1.54) is 6.92 Å². The van der Waals surface area contributed by atoms with Crippen LogP contribution in [-0.2, 0) is 9.59 Å². The van der Waals surface area contributed by atoms with Crippen LogP contribution in [0.5, 0.6) is 0 Å². The molecule has 0 fully saturated rings. The molecule has 1 amide bonds. The number of amides is 1. The summed E-state index contributed by atoms with van der Waals surface area (Å²) >= 11 is 0. The van der Waals surface area contributed by atoms with E-state index >= 15 is 0 Å². The van der Waals surface area contributed by atoms with Gasteiger partial charge in [-0.3, -0.25) is 9.59 Å². The second-order valence-corrected chi connectivity index (χ2v) is 3.23. The second-order valence-electron chi connectivity index (χ2n) is 3.23. The third kappa shape index (κ3) is 4.71. The highest BCUT2D eigenvalue weighted by Gasteiger charge is 2.13. The summed E-state index contributed by atoms with van der Waals surface area (Å²) in [5.74, 6) is -0.960. The fourth-order valence-electron chi connectivity index (χ4n) is 0.733. The zero-order valence-corrected chi connectivity index (χ0v) is 7.63. The van der Waals surface area contributed by atoms with E-state index in [0.29, 0.717) is 6.42 Å². The Bertz CT molecular complexity index is 177. The average Bonchev–Trinajstić information content (AvgIpc) is 1.84. The number of hydrogen-bond acceptors (Lipinski definition) is 2. The topological polar surface area (TPSA) is 66.4 Å². The molecule has 0 aliphatic carbocycles. The van der Waals surface area contributed by atoms with Crippen molar-refractivity contribution in [2.24, 2.45) is 5.92 Å². The van der Waals surface area contributed by atoms with Gasteiger partial charge in [0.2, 0.25) is 5.91 Å². The molecule has 0 aliphatic rings. The van der Waals surface area contributed by atoms with Gasteiger partial charge in [-0.15, -0.1) is 0 Å². The molecule has 70 valence electrons. The Labute approximate surface area is 72.0 Å². The molecular formula is C8H15NO3. The van der Waals surface area contributed by atoms with E-state index in [1.54, 1.807) is 0 Å². The summed E-state index contributed by atoms with van der Waals surface area (Å²) in [4.78, 5) is 21.3. The van der Waals surface area contributed by atoms with Crippen LogP contribution in [0.15, 0.2) is 0 Å². The van der Waals surface area contributed by atoms with E-state index in [9.17, 15) is 9.59 Å². The monoisotopic (exact) mass is 173 g/mol. The molecule has 0 saturated heterocycles. The normalized spacial score (nSPS) is 12.7. The number of aliphatic carboxylic acids is 1. The molecular weight excluding hydrogens is 158 g/mol. The van der Waals surface area contributed by atoms with Crippen molar-refractivity contribution < 1.29 is 14.7 Å². The van der Waals surface area contributed by atoms with E-state index < -0.39 is 12.0 Å².